The van der Waals surface area contributed by atoms with Crippen molar-refractivity contribution < 1.29 is 9.53 Å². The van der Waals surface area contributed by atoms with E-state index in [2.05, 4.69) is 44.6 Å². The molecule has 6 heteroatoms. The minimum atomic E-state index is -0.0954. The fourth-order valence-electron chi connectivity index (χ4n) is 3.47. The average molecular weight is 342 g/mol. The lowest BCUT2D eigenvalue weighted by Gasteiger charge is -2.33. The first-order chi connectivity index (χ1) is 12.2. The molecule has 0 radical (unpaired) electrons. The predicted molar refractivity (Wildman–Crippen MR) is 99.7 cm³/mol. The van der Waals surface area contributed by atoms with Gasteiger partial charge in [0, 0.05) is 43.8 Å². The van der Waals surface area contributed by atoms with Crippen molar-refractivity contribution in [3.63, 3.8) is 0 Å². The van der Waals surface area contributed by atoms with E-state index in [1.165, 1.54) is 23.6 Å². The van der Waals surface area contributed by atoms with E-state index in [1.807, 2.05) is 6.07 Å². The number of piperidine rings is 1. The van der Waals surface area contributed by atoms with Gasteiger partial charge < -0.3 is 19.9 Å². The molecule has 2 aromatic rings. The van der Waals surface area contributed by atoms with Gasteiger partial charge in [0.25, 0.3) is 0 Å². The molecule has 134 valence electrons. The van der Waals surface area contributed by atoms with Crippen molar-refractivity contribution in [1.29, 1.82) is 0 Å². The Morgan fingerprint density at radius 3 is 2.84 bits per heavy atom. The van der Waals surface area contributed by atoms with E-state index in [4.69, 9.17) is 4.74 Å². The van der Waals surface area contributed by atoms with Crippen molar-refractivity contribution in [1.82, 2.24) is 15.2 Å². The Morgan fingerprint density at radius 2 is 2.12 bits per heavy atom. The number of fused-ring (bicyclic) bond motifs is 1. The Labute approximate surface area is 148 Å². The number of methoxy groups -OCH3 is 1. The SMILES string of the molecule is CN=C(NCCc1c[nH]c2ccccc12)N1CCC(C(=O)OC)CC1. The molecule has 2 heterocycles. The van der Waals surface area contributed by atoms with Crippen molar-refractivity contribution in [2.75, 3.05) is 33.8 Å². The summed E-state index contributed by atoms with van der Waals surface area (Å²) >= 11 is 0. The van der Waals surface area contributed by atoms with E-state index in [1.54, 1.807) is 7.05 Å². The van der Waals surface area contributed by atoms with Gasteiger partial charge in [-0.2, -0.15) is 0 Å². The van der Waals surface area contributed by atoms with E-state index in [9.17, 15) is 4.79 Å². The molecule has 2 N–H and O–H groups in total. The largest absolute Gasteiger partial charge is 0.469 e. The van der Waals surface area contributed by atoms with Crippen LogP contribution in [0.5, 0.6) is 0 Å². The van der Waals surface area contributed by atoms with Crippen LogP contribution < -0.4 is 5.32 Å². The molecule has 1 aliphatic heterocycles. The number of hydrogen-bond donors (Lipinski definition) is 2. The van der Waals surface area contributed by atoms with Crippen LogP contribution in [0, 0.1) is 5.92 Å². The molecule has 0 spiro atoms. The van der Waals surface area contributed by atoms with Crippen molar-refractivity contribution in [2.45, 2.75) is 19.3 Å². The van der Waals surface area contributed by atoms with E-state index in [0.29, 0.717) is 0 Å². The van der Waals surface area contributed by atoms with Gasteiger partial charge in [0.05, 0.1) is 13.0 Å². The number of guanidine groups is 1. The number of carbonyl (C=O) groups is 1. The lowest BCUT2D eigenvalue weighted by Crippen LogP contribution is -2.47. The zero-order valence-corrected chi connectivity index (χ0v) is 14.9. The van der Waals surface area contributed by atoms with Crippen LogP contribution in [0.4, 0.5) is 0 Å². The number of likely N-dealkylation sites (tertiary alicyclic amines) is 1. The zero-order valence-electron chi connectivity index (χ0n) is 14.9. The summed E-state index contributed by atoms with van der Waals surface area (Å²) in [7, 11) is 3.26. The fourth-order valence-corrected chi connectivity index (χ4v) is 3.47. The van der Waals surface area contributed by atoms with Crippen LogP contribution in [-0.2, 0) is 16.0 Å². The second-order valence-corrected chi connectivity index (χ2v) is 6.37. The molecule has 1 fully saturated rings. The first-order valence-corrected chi connectivity index (χ1v) is 8.81. The van der Waals surface area contributed by atoms with Crippen molar-refractivity contribution in [3.8, 4) is 0 Å². The number of aromatic nitrogens is 1. The van der Waals surface area contributed by atoms with Gasteiger partial charge in [-0.05, 0) is 30.9 Å². The number of benzene rings is 1. The second-order valence-electron chi connectivity index (χ2n) is 6.37. The summed E-state index contributed by atoms with van der Waals surface area (Å²) in [6.07, 6.45) is 4.64. The highest BCUT2D eigenvalue weighted by atomic mass is 16.5. The summed E-state index contributed by atoms with van der Waals surface area (Å²) in [6, 6.07) is 8.35. The Balaban J connectivity index is 1.51. The third-order valence-corrected chi connectivity index (χ3v) is 4.89. The molecule has 1 saturated heterocycles. The summed E-state index contributed by atoms with van der Waals surface area (Å²) in [5.41, 5.74) is 2.48. The Hall–Kier alpha value is -2.50. The van der Waals surface area contributed by atoms with Gasteiger partial charge in [-0.3, -0.25) is 9.79 Å². The summed E-state index contributed by atoms with van der Waals surface area (Å²) in [6.45, 7) is 2.48. The number of aromatic amines is 1. The molecule has 0 unspecified atom stereocenters. The van der Waals surface area contributed by atoms with Gasteiger partial charge in [-0.15, -0.1) is 0 Å². The van der Waals surface area contributed by atoms with E-state index in [0.717, 1.165) is 44.9 Å². The van der Waals surface area contributed by atoms with Crippen LogP contribution in [-0.4, -0.2) is 55.6 Å². The number of hydrogen-bond acceptors (Lipinski definition) is 3. The molecule has 0 amide bonds. The molecule has 0 aliphatic carbocycles. The molecule has 25 heavy (non-hydrogen) atoms. The number of rotatable bonds is 4. The number of H-pyrrole nitrogens is 1. The topological polar surface area (TPSA) is 69.7 Å². The summed E-state index contributed by atoms with van der Waals surface area (Å²) in [5, 5.41) is 4.72. The molecular formula is C19H26N4O2. The van der Waals surface area contributed by atoms with Crippen LogP contribution in [0.3, 0.4) is 0 Å². The predicted octanol–water partition coefficient (Wildman–Crippen LogP) is 2.17. The van der Waals surface area contributed by atoms with Crippen LogP contribution >= 0.6 is 0 Å². The van der Waals surface area contributed by atoms with Crippen molar-refractivity contribution in [3.05, 3.63) is 36.0 Å². The monoisotopic (exact) mass is 342 g/mol. The van der Waals surface area contributed by atoms with Crippen molar-refractivity contribution >= 4 is 22.8 Å². The van der Waals surface area contributed by atoms with Gasteiger partial charge in [-0.25, -0.2) is 0 Å². The highest BCUT2D eigenvalue weighted by Crippen LogP contribution is 2.19. The number of para-hydroxylation sites is 1. The van der Waals surface area contributed by atoms with Gasteiger partial charge >= 0.3 is 5.97 Å². The number of esters is 1. The van der Waals surface area contributed by atoms with E-state index < -0.39 is 0 Å². The van der Waals surface area contributed by atoms with Crippen LogP contribution in [0.2, 0.25) is 0 Å². The molecule has 3 rings (SSSR count). The summed E-state index contributed by atoms with van der Waals surface area (Å²) < 4.78 is 4.85. The maximum Gasteiger partial charge on any atom is 0.308 e. The van der Waals surface area contributed by atoms with E-state index >= 15 is 0 Å². The number of aliphatic imine (C=N–C) groups is 1. The zero-order chi connectivity index (χ0) is 17.6. The van der Waals surface area contributed by atoms with Gasteiger partial charge in [0.15, 0.2) is 5.96 Å². The van der Waals surface area contributed by atoms with Crippen LogP contribution in [0.15, 0.2) is 35.5 Å². The number of nitrogens with one attached hydrogen (secondary N) is 2. The third kappa shape index (κ3) is 3.95. The van der Waals surface area contributed by atoms with Gasteiger partial charge in [-0.1, -0.05) is 18.2 Å². The average Bonchev–Trinajstić information content (AvgIpc) is 3.08. The number of ether oxygens (including phenoxy) is 1. The first-order valence-electron chi connectivity index (χ1n) is 8.81. The molecule has 0 bridgehead atoms. The van der Waals surface area contributed by atoms with Crippen LogP contribution in [0.1, 0.15) is 18.4 Å². The number of carbonyl (C=O) groups excluding carboxylic acids is 1. The Morgan fingerprint density at radius 1 is 1.36 bits per heavy atom. The highest BCUT2D eigenvalue weighted by Gasteiger charge is 2.26. The molecule has 6 nitrogen and oxygen atoms in total. The Kier molecular flexibility index (Phi) is 5.58. The smallest absolute Gasteiger partial charge is 0.308 e. The molecule has 0 atom stereocenters. The minimum Gasteiger partial charge on any atom is -0.469 e. The third-order valence-electron chi connectivity index (χ3n) is 4.89. The highest BCUT2D eigenvalue weighted by molar-refractivity contribution is 5.83. The molecule has 1 aromatic carbocycles. The summed E-state index contributed by atoms with van der Waals surface area (Å²) in [4.78, 5) is 21.6. The van der Waals surface area contributed by atoms with Gasteiger partial charge in [0.1, 0.15) is 0 Å². The Bertz CT molecular complexity index is 745. The molecule has 1 aromatic heterocycles. The minimum absolute atomic E-state index is 0.0191. The molecule has 0 saturated carbocycles. The fraction of sp³-hybridized carbons (Fsp3) is 0.474. The molecule has 1 aliphatic rings. The lowest BCUT2D eigenvalue weighted by molar-refractivity contribution is -0.146. The quantitative estimate of drug-likeness (QED) is 0.508. The molecular weight excluding hydrogens is 316 g/mol. The van der Waals surface area contributed by atoms with Gasteiger partial charge in [0.2, 0.25) is 0 Å². The summed E-state index contributed by atoms with van der Waals surface area (Å²) in [5.74, 6) is 0.829. The van der Waals surface area contributed by atoms with E-state index in [-0.39, 0.29) is 11.9 Å². The number of nitrogens with zero attached hydrogens (tertiary/aromatic N) is 2. The van der Waals surface area contributed by atoms with Crippen molar-refractivity contribution in [2.24, 2.45) is 10.9 Å². The standard InChI is InChI=1S/C19H26N4O2/c1-20-19(23-11-8-14(9-12-23)18(24)25-2)21-10-7-15-13-22-17-6-4-3-5-16(15)17/h3-6,13-14,22H,7-12H2,1-2H3,(H,20,21). The maximum absolute atomic E-state index is 11.6. The second kappa shape index (κ2) is 8.05. The normalized spacial score (nSPS) is 16.2. The van der Waals surface area contributed by atoms with Crippen LogP contribution in [0.25, 0.3) is 10.9 Å². The maximum atomic E-state index is 11.6. The lowest BCUT2D eigenvalue weighted by atomic mass is 9.97. The first kappa shape index (κ1) is 17.3.